The predicted molar refractivity (Wildman–Crippen MR) is 113 cm³/mol. The Kier molecular flexibility index (Phi) is 6.26. The minimum Gasteiger partial charge on any atom is -0.322 e. The molecular formula is C21H22N4O3S. The van der Waals surface area contributed by atoms with Crippen molar-refractivity contribution < 1.29 is 13.2 Å². The fourth-order valence-electron chi connectivity index (χ4n) is 2.76. The van der Waals surface area contributed by atoms with Gasteiger partial charge in [0.05, 0.1) is 17.6 Å². The minimum atomic E-state index is -3.60. The van der Waals surface area contributed by atoms with Gasteiger partial charge in [-0.3, -0.25) is 9.48 Å². The Morgan fingerprint density at radius 3 is 2.66 bits per heavy atom. The van der Waals surface area contributed by atoms with E-state index in [1.165, 1.54) is 19.2 Å². The van der Waals surface area contributed by atoms with Crippen LogP contribution in [0.2, 0.25) is 0 Å². The van der Waals surface area contributed by atoms with E-state index in [-0.39, 0.29) is 10.8 Å². The number of benzene rings is 2. The van der Waals surface area contributed by atoms with Crippen LogP contribution in [-0.4, -0.2) is 31.2 Å². The maximum Gasteiger partial charge on any atom is 0.248 e. The van der Waals surface area contributed by atoms with E-state index in [4.69, 9.17) is 0 Å². The first-order valence-electron chi connectivity index (χ1n) is 8.97. The molecule has 150 valence electrons. The van der Waals surface area contributed by atoms with Crippen LogP contribution in [0.1, 0.15) is 16.7 Å². The molecule has 0 spiro atoms. The van der Waals surface area contributed by atoms with Gasteiger partial charge in [-0.15, -0.1) is 0 Å². The summed E-state index contributed by atoms with van der Waals surface area (Å²) in [5.41, 5.74) is 2.92. The molecule has 3 rings (SSSR count). The summed E-state index contributed by atoms with van der Waals surface area (Å²) in [6.07, 6.45) is 6.57. The van der Waals surface area contributed by atoms with E-state index in [9.17, 15) is 13.2 Å². The van der Waals surface area contributed by atoms with E-state index in [1.807, 2.05) is 36.5 Å². The van der Waals surface area contributed by atoms with Gasteiger partial charge in [0, 0.05) is 23.5 Å². The van der Waals surface area contributed by atoms with E-state index < -0.39 is 10.0 Å². The van der Waals surface area contributed by atoms with Crippen LogP contribution in [0, 0.1) is 6.92 Å². The third kappa shape index (κ3) is 5.40. The summed E-state index contributed by atoms with van der Waals surface area (Å²) < 4.78 is 28.2. The first-order valence-corrected chi connectivity index (χ1v) is 10.5. The minimum absolute atomic E-state index is 0.129. The van der Waals surface area contributed by atoms with Gasteiger partial charge in [-0.25, -0.2) is 13.1 Å². The number of anilines is 1. The van der Waals surface area contributed by atoms with Crippen LogP contribution in [0.3, 0.4) is 0 Å². The SMILES string of the molecule is CNS(=O)(=O)c1cc(NC(=O)/C=C/c2cnn(Cc3ccccc3)c2)ccc1C. The number of hydrogen-bond acceptors (Lipinski definition) is 4. The molecule has 0 aliphatic rings. The second-order valence-electron chi connectivity index (χ2n) is 6.47. The van der Waals surface area contributed by atoms with Crippen molar-refractivity contribution >= 4 is 27.7 Å². The van der Waals surface area contributed by atoms with E-state index >= 15 is 0 Å². The van der Waals surface area contributed by atoms with Gasteiger partial charge in [-0.2, -0.15) is 5.10 Å². The lowest BCUT2D eigenvalue weighted by molar-refractivity contribution is -0.111. The van der Waals surface area contributed by atoms with Gasteiger partial charge in [0.25, 0.3) is 0 Å². The van der Waals surface area contributed by atoms with Crippen molar-refractivity contribution in [3.05, 3.63) is 83.7 Å². The molecule has 1 aromatic heterocycles. The van der Waals surface area contributed by atoms with Crippen LogP contribution in [0.4, 0.5) is 5.69 Å². The molecule has 0 aliphatic heterocycles. The van der Waals surface area contributed by atoms with Crippen molar-refractivity contribution in [2.45, 2.75) is 18.4 Å². The first-order chi connectivity index (χ1) is 13.9. The van der Waals surface area contributed by atoms with Gasteiger partial charge in [0.1, 0.15) is 0 Å². The Bertz CT molecular complexity index is 1140. The fraction of sp³-hybridized carbons (Fsp3) is 0.143. The molecule has 0 saturated heterocycles. The highest BCUT2D eigenvalue weighted by Crippen LogP contribution is 2.20. The van der Waals surface area contributed by atoms with Crippen LogP contribution in [0.15, 0.2) is 71.9 Å². The van der Waals surface area contributed by atoms with Crippen LogP contribution in [0.5, 0.6) is 0 Å². The van der Waals surface area contributed by atoms with Crippen molar-refractivity contribution in [3.63, 3.8) is 0 Å². The number of nitrogens with one attached hydrogen (secondary N) is 2. The summed E-state index contributed by atoms with van der Waals surface area (Å²) in [6, 6.07) is 14.7. The molecule has 0 aliphatic carbocycles. The van der Waals surface area contributed by atoms with E-state index in [2.05, 4.69) is 15.1 Å². The van der Waals surface area contributed by atoms with Crippen LogP contribution >= 0.6 is 0 Å². The zero-order valence-corrected chi connectivity index (χ0v) is 17.0. The highest BCUT2D eigenvalue weighted by Gasteiger charge is 2.15. The van der Waals surface area contributed by atoms with Gasteiger partial charge in [-0.05, 0) is 43.3 Å². The van der Waals surface area contributed by atoms with Crippen molar-refractivity contribution in [1.82, 2.24) is 14.5 Å². The predicted octanol–water partition coefficient (Wildman–Crippen LogP) is 2.80. The molecule has 1 heterocycles. The number of aryl methyl sites for hydroxylation is 1. The van der Waals surface area contributed by atoms with Crippen molar-refractivity contribution in [1.29, 1.82) is 0 Å². The maximum absolute atomic E-state index is 12.2. The topological polar surface area (TPSA) is 93.1 Å². The molecule has 1 amide bonds. The van der Waals surface area contributed by atoms with Gasteiger partial charge in [0.2, 0.25) is 15.9 Å². The van der Waals surface area contributed by atoms with Crippen molar-refractivity contribution in [2.75, 3.05) is 12.4 Å². The molecule has 0 radical (unpaired) electrons. The Labute approximate surface area is 170 Å². The molecule has 0 saturated carbocycles. The fourth-order valence-corrected chi connectivity index (χ4v) is 3.75. The van der Waals surface area contributed by atoms with E-state index in [1.54, 1.807) is 36.0 Å². The van der Waals surface area contributed by atoms with Crippen molar-refractivity contribution in [2.24, 2.45) is 0 Å². The number of nitrogens with zero attached hydrogens (tertiary/aromatic N) is 2. The van der Waals surface area contributed by atoms with Crippen LogP contribution in [-0.2, 0) is 21.4 Å². The Hall–Kier alpha value is -3.23. The van der Waals surface area contributed by atoms with Gasteiger partial charge < -0.3 is 5.32 Å². The Morgan fingerprint density at radius 1 is 1.17 bits per heavy atom. The highest BCUT2D eigenvalue weighted by atomic mass is 32.2. The second-order valence-corrected chi connectivity index (χ2v) is 8.32. The lowest BCUT2D eigenvalue weighted by Crippen LogP contribution is -2.20. The average Bonchev–Trinajstić information content (AvgIpc) is 3.16. The number of amides is 1. The highest BCUT2D eigenvalue weighted by molar-refractivity contribution is 7.89. The zero-order chi connectivity index (χ0) is 20.9. The van der Waals surface area contributed by atoms with Gasteiger partial charge >= 0.3 is 0 Å². The summed E-state index contributed by atoms with van der Waals surface area (Å²) in [7, 11) is -2.25. The van der Waals surface area contributed by atoms with Crippen molar-refractivity contribution in [3.8, 4) is 0 Å². The van der Waals surface area contributed by atoms with Crippen LogP contribution in [0.25, 0.3) is 6.08 Å². The summed E-state index contributed by atoms with van der Waals surface area (Å²) in [5.74, 6) is -0.363. The monoisotopic (exact) mass is 410 g/mol. The summed E-state index contributed by atoms with van der Waals surface area (Å²) in [4.78, 5) is 12.3. The third-order valence-corrected chi connectivity index (χ3v) is 5.84. The number of sulfonamides is 1. The summed E-state index contributed by atoms with van der Waals surface area (Å²) in [6.45, 7) is 2.34. The number of carbonyl (C=O) groups excluding carboxylic acids is 1. The largest absolute Gasteiger partial charge is 0.322 e. The normalized spacial score (nSPS) is 11.7. The smallest absolute Gasteiger partial charge is 0.248 e. The first kappa shape index (κ1) is 20.5. The quantitative estimate of drug-likeness (QED) is 0.586. The molecule has 0 bridgehead atoms. The molecular weight excluding hydrogens is 388 g/mol. The molecule has 3 aromatic rings. The summed E-state index contributed by atoms with van der Waals surface area (Å²) >= 11 is 0. The lowest BCUT2D eigenvalue weighted by atomic mass is 10.2. The molecule has 2 aromatic carbocycles. The molecule has 0 fully saturated rings. The molecule has 8 heteroatoms. The third-order valence-electron chi connectivity index (χ3n) is 4.28. The zero-order valence-electron chi connectivity index (χ0n) is 16.2. The second kappa shape index (κ2) is 8.85. The lowest BCUT2D eigenvalue weighted by Gasteiger charge is -2.09. The van der Waals surface area contributed by atoms with Gasteiger partial charge in [-0.1, -0.05) is 36.4 Å². The molecule has 7 nitrogen and oxygen atoms in total. The average molecular weight is 410 g/mol. The number of aromatic nitrogens is 2. The molecule has 29 heavy (non-hydrogen) atoms. The van der Waals surface area contributed by atoms with E-state index in [0.717, 1.165) is 11.1 Å². The Balaban J connectivity index is 1.65. The number of hydrogen-bond donors (Lipinski definition) is 2. The Morgan fingerprint density at radius 2 is 1.93 bits per heavy atom. The summed E-state index contributed by atoms with van der Waals surface area (Å²) in [5, 5.41) is 6.97. The number of rotatable bonds is 7. The number of carbonyl (C=O) groups is 1. The standard InChI is InChI=1S/C21H22N4O3S/c1-16-8-10-19(12-20(16)29(27,28)22-2)24-21(26)11-9-18-13-23-25(15-18)14-17-6-4-3-5-7-17/h3-13,15,22H,14H2,1-2H3,(H,24,26)/b11-9+. The van der Waals surface area contributed by atoms with E-state index in [0.29, 0.717) is 17.8 Å². The molecule has 0 unspecified atom stereocenters. The maximum atomic E-state index is 12.2. The van der Waals surface area contributed by atoms with Gasteiger partial charge in [0.15, 0.2) is 0 Å². The molecule has 0 atom stereocenters. The van der Waals surface area contributed by atoms with Crippen LogP contribution < -0.4 is 10.0 Å². The molecule has 2 N–H and O–H groups in total.